The lowest BCUT2D eigenvalue weighted by Crippen LogP contribution is -2.39. The van der Waals surface area contributed by atoms with Crippen molar-refractivity contribution in [3.63, 3.8) is 0 Å². The van der Waals surface area contributed by atoms with Crippen molar-refractivity contribution in [1.29, 1.82) is 0 Å². The Labute approximate surface area is 83.5 Å². The van der Waals surface area contributed by atoms with Crippen LogP contribution in [-0.2, 0) is 11.3 Å². The summed E-state index contributed by atoms with van der Waals surface area (Å²) in [6, 6.07) is 5.16. The number of rotatable bonds is 4. The van der Waals surface area contributed by atoms with Crippen LogP contribution in [0, 0.1) is 0 Å². The van der Waals surface area contributed by atoms with E-state index in [4.69, 9.17) is 5.73 Å². The van der Waals surface area contributed by atoms with Crippen LogP contribution in [-0.4, -0.2) is 16.9 Å². The fraction of sp³-hybridized carbons (Fsp3) is 0.400. The van der Waals surface area contributed by atoms with Crippen molar-refractivity contribution in [2.75, 3.05) is 0 Å². The number of nitrogens with zero attached hydrogens (tertiary/aromatic N) is 1. The molecule has 3 N–H and O–H groups in total. The number of nitrogens with two attached hydrogens (primary N) is 1. The highest BCUT2D eigenvalue weighted by atomic mass is 16.2. The van der Waals surface area contributed by atoms with Crippen molar-refractivity contribution in [2.45, 2.75) is 25.9 Å². The molecular weight excluding hydrogens is 178 g/mol. The molecule has 0 spiro atoms. The molecule has 0 bridgehead atoms. The molecule has 1 aromatic heterocycles. The van der Waals surface area contributed by atoms with Crippen molar-refractivity contribution in [3.05, 3.63) is 30.1 Å². The van der Waals surface area contributed by atoms with Gasteiger partial charge in [-0.05, 0) is 18.6 Å². The SMILES string of the molecule is CC[C@H](N)C(=O)NCc1ccccn1. The minimum absolute atomic E-state index is 0.127. The Balaban J connectivity index is 2.38. The van der Waals surface area contributed by atoms with Crippen molar-refractivity contribution in [2.24, 2.45) is 5.73 Å². The van der Waals surface area contributed by atoms with E-state index in [9.17, 15) is 4.79 Å². The molecule has 0 fully saturated rings. The molecular formula is C10H15N3O. The van der Waals surface area contributed by atoms with Crippen LogP contribution < -0.4 is 11.1 Å². The minimum atomic E-state index is -0.418. The average molecular weight is 193 g/mol. The van der Waals surface area contributed by atoms with Gasteiger partial charge < -0.3 is 11.1 Å². The monoisotopic (exact) mass is 193 g/mol. The first-order valence-electron chi connectivity index (χ1n) is 4.67. The van der Waals surface area contributed by atoms with E-state index in [1.54, 1.807) is 6.20 Å². The second-order valence-electron chi connectivity index (χ2n) is 3.05. The van der Waals surface area contributed by atoms with Gasteiger partial charge in [-0.3, -0.25) is 9.78 Å². The average Bonchev–Trinajstić information content (AvgIpc) is 2.26. The van der Waals surface area contributed by atoms with Crippen LogP contribution in [0.2, 0.25) is 0 Å². The summed E-state index contributed by atoms with van der Waals surface area (Å²) in [5.41, 5.74) is 6.39. The summed E-state index contributed by atoms with van der Waals surface area (Å²) in [5, 5.41) is 2.72. The quantitative estimate of drug-likeness (QED) is 0.729. The summed E-state index contributed by atoms with van der Waals surface area (Å²) in [7, 11) is 0. The summed E-state index contributed by atoms with van der Waals surface area (Å²) in [5.74, 6) is -0.127. The Kier molecular flexibility index (Phi) is 4.07. The van der Waals surface area contributed by atoms with Crippen molar-refractivity contribution >= 4 is 5.91 Å². The molecule has 4 heteroatoms. The zero-order valence-electron chi connectivity index (χ0n) is 8.23. The van der Waals surface area contributed by atoms with E-state index in [0.717, 1.165) is 5.69 Å². The van der Waals surface area contributed by atoms with Crippen LogP contribution in [0.3, 0.4) is 0 Å². The molecule has 0 saturated carbocycles. The van der Waals surface area contributed by atoms with Gasteiger partial charge in [0.05, 0.1) is 18.3 Å². The molecule has 0 unspecified atom stereocenters. The van der Waals surface area contributed by atoms with Crippen LogP contribution >= 0.6 is 0 Å². The molecule has 1 amide bonds. The van der Waals surface area contributed by atoms with Crippen LogP contribution in [0.25, 0.3) is 0 Å². The van der Waals surface area contributed by atoms with Gasteiger partial charge in [-0.1, -0.05) is 13.0 Å². The van der Waals surface area contributed by atoms with Gasteiger partial charge in [0.25, 0.3) is 0 Å². The predicted molar refractivity (Wildman–Crippen MR) is 54.4 cm³/mol. The molecule has 0 aliphatic carbocycles. The number of carbonyl (C=O) groups excluding carboxylic acids is 1. The van der Waals surface area contributed by atoms with Crippen molar-refractivity contribution in [3.8, 4) is 0 Å². The van der Waals surface area contributed by atoms with Crippen LogP contribution in [0.5, 0.6) is 0 Å². The smallest absolute Gasteiger partial charge is 0.237 e. The number of amides is 1. The Morgan fingerprint density at radius 2 is 2.43 bits per heavy atom. The van der Waals surface area contributed by atoms with Gasteiger partial charge in [0.1, 0.15) is 0 Å². The zero-order chi connectivity index (χ0) is 10.4. The molecule has 14 heavy (non-hydrogen) atoms. The van der Waals surface area contributed by atoms with Gasteiger partial charge in [0.15, 0.2) is 0 Å². The van der Waals surface area contributed by atoms with E-state index < -0.39 is 6.04 Å². The van der Waals surface area contributed by atoms with E-state index in [0.29, 0.717) is 13.0 Å². The first-order chi connectivity index (χ1) is 6.74. The third kappa shape index (κ3) is 3.14. The summed E-state index contributed by atoms with van der Waals surface area (Å²) >= 11 is 0. The van der Waals surface area contributed by atoms with E-state index in [-0.39, 0.29) is 5.91 Å². The second kappa shape index (κ2) is 5.34. The molecule has 0 saturated heterocycles. The van der Waals surface area contributed by atoms with E-state index in [2.05, 4.69) is 10.3 Å². The fourth-order valence-electron chi connectivity index (χ4n) is 0.997. The summed E-state index contributed by atoms with van der Waals surface area (Å²) in [4.78, 5) is 15.4. The Hall–Kier alpha value is -1.42. The molecule has 4 nitrogen and oxygen atoms in total. The van der Waals surface area contributed by atoms with E-state index >= 15 is 0 Å². The van der Waals surface area contributed by atoms with Crippen LogP contribution in [0.4, 0.5) is 0 Å². The maximum Gasteiger partial charge on any atom is 0.237 e. The highest BCUT2D eigenvalue weighted by Gasteiger charge is 2.09. The van der Waals surface area contributed by atoms with Crippen LogP contribution in [0.1, 0.15) is 19.0 Å². The van der Waals surface area contributed by atoms with Gasteiger partial charge in [0.2, 0.25) is 5.91 Å². The van der Waals surface area contributed by atoms with Crippen molar-refractivity contribution < 1.29 is 4.79 Å². The third-order valence-electron chi connectivity index (χ3n) is 1.95. The molecule has 0 aliphatic rings. The van der Waals surface area contributed by atoms with Crippen molar-refractivity contribution in [1.82, 2.24) is 10.3 Å². The molecule has 1 atom stereocenters. The third-order valence-corrected chi connectivity index (χ3v) is 1.95. The highest BCUT2D eigenvalue weighted by Crippen LogP contribution is 1.93. The first kappa shape index (κ1) is 10.7. The first-order valence-corrected chi connectivity index (χ1v) is 4.67. The standard InChI is InChI=1S/C10H15N3O/c1-2-9(11)10(14)13-7-8-5-3-4-6-12-8/h3-6,9H,2,7,11H2,1H3,(H,13,14)/t9-/m0/s1. The normalized spacial score (nSPS) is 12.1. The highest BCUT2D eigenvalue weighted by molar-refractivity contribution is 5.81. The topological polar surface area (TPSA) is 68.0 Å². The molecule has 0 aromatic carbocycles. The number of aromatic nitrogens is 1. The lowest BCUT2D eigenvalue weighted by molar-refractivity contribution is -0.122. The summed E-state index contributed by atoms with van der Waals surface area (Å²) in [6.45, 7) is 2.32. The predicted octanol–water partition coefficient (Wildman–Crippen LogP) is 0.435. The lowest BCUT2D eigenvalue weighted by Gasteiger charge is -2.09. The lowest BCUT2D eigenvalue weighted by atomic mass is 10.2. The van der Waals surface area contributed by atoms with Crippen LogP contribution in [0.15, 0.2) is 24.4 Å². The van der Waals surface area contributed by atoms with E-state index in [1.165, 1.54) is 0 Å². The largest absolute Gasteiger partial charge is 0.349 e. The molecule has 76 valence electrons. The molecule has 1 rings (SSSR count). The van der Waals surface area contributed by atoms with Gasteiger partial charge in [0, 0.05) is 6.20 Å². The van der Waals surface area contributed by atoms with Gasteiger partial charge >= 0.3 is 0 Å². The second-order valence-corrected chi connectivity index (χ2v) is 3.05. The maximum absolute atomic E-state index is 11.3. The summed E-state index contributed by atoms with van der Waals surface area (Å²) < 4.78 is 0. The fourth-order valence-corrected chi connectivity index (χ4v) is 0.997. The Morgan fingerprint density at radius 3 is 3.00 bits per heavy atom. The molecule has 0 radical (unpaired) electrons. The summed E-state index contributed by atoms with van der Waals surface area (Å²) in [6.07, 6.45) is 2.34. The van der Waals surface area contributed by atoms with Gasteiger partial charge in [-0.2, -0.15) is 0 Å². The number of carbonyl (C=O) groups is 1. The minimum Gasteiger partial charge on any atom is -0.349 e. The number of pyridine rings is 1. The molecule has 1 aromatic rings. The zero-order valence-corrected chi connectivity index (χ0v) is 8.23. The number of nitrogens with one attached hydrogen (secondary N) is 1. The number of hydrogen-bond acceptors (Lipinski definition) is 3. The van der Waals surface area contributed by atoms with E-state index in [1.807, 2.05) is 25.1 Å². The number of hydrogen-bond donors (Lipinski definition) is 2. The maximum atomic E-state index is 11.3. The van der Waals surface area contributed by atoms with Gasteiger partial charge in [-0.25, -0.2) is 0 Å². The van der Waals surface area contributed by atoms with Gasteiger partial charge in [-0.15, -0.1) is 0 Å². The Bertz CT molecular complexity index is 287. The molecule has 0 aliphatic heterocycles. The Morgan fingerprint density at radius 1 is 1.64 bits per heavy atom. The molecule has 1 heterocycles.